The average molecular weight is 279 g/mol. The fourth-order valence-electron chi connectivity index (χ4n) is 2.22. The van der Waals surface area contributed by atoms with Crippen LogP contribution in [-0.4, -0.2) is 23.0 Å². The first-order valence-electron chi connectivity index (χ1n) is 6.47. The third-order valence-electron chi connectivity index (χ3n) is 3.18. The van der Waals surface area contributed by atoms with Gasteiger partial charge in [-0.25, -0.2) is 4.79 Å². The van der Waals surface area contributed by atoms with E-state index in [1.54, 1.807) is 12.1 Å². The van der Waals surface area contributed by atoms with Gasteiger partial charge in [-0.15, -0.1) is 11.3 Å². The molecule has 2 N–H and O–H groups in total. The van der Waals surface area contributed by atoms with Crippen LogP contribution >= 0.6 is 11.3 Å². The Labute approximate surface area is 116 Å². The topological polar surface area (TPSA) is 66.4 Å². The number of thiophene rings is 1. The van der Waals surface area contributed by atoms with Gasteiger partial charge in [-0.2, -0.15) is 0 Å². The molecule has 0 saturated heterocycles. The van der Waals surface area contributed by atoms with E-state index in [0.717, 1.165) is 23.8 Å². The summed E-state index contributed by atoms with van der Waals surface area (Å²) in [5.41, 5.74) is 0. The normalized spacial score (nSPS) is 16.6. The smallest absolute Gasteiger partial charge is 0.328 e. The summed E-state index contributed by atoms with van der Waals surface area (Å²) in [5.74, 6) is -1.03. The molecule has 1 aromatic heterocycles. The standard InChI is InChI=1S/C14H17NO3S/c16-13(17)9-7-11-6-8-12(19-11)14(18)15-10-4-2-1-3-5-10/h6-10H,1-5H2,(H,15,18)(H,16,17). The van der Waals surface area contributed by atoms with Gasteiger partial charge in [0.15, 0.2) is 0 Å². The minimum atomic E-state index is -0.985. The minimum absolute atomic E-state index is 0.0492. The summed E-state index contributed by atoms with van der Waals surface area (Å²) in [6.07, 6.45) is 8.32. The Kier molecular flexibility index (Phi) is 4.74. The lowest BCUT2D eigenvalue weighted by Gasteiger charge is -2.22. The van der Waals surface area contributed by atoms with E-state index in [-0.39, 0.29) is 5.91 Å². The van der Waals surface area contributed by atoms with Gasteiger partial charge in [0.25, 0.3) is 5.91 Å². The molecule has 19 heavy (non-hydrogen) atoms. The quantitative estimate of drug-likeness (QED) is 0.833. The zero-order valence-corrected chi connectivity index (χ0v) is 11.4. The van der Waals surface area contributed by atoms with E-state index in [1.807, 2.05) is 0 Å². The predicted octanol–water partition coefficient (Wildman–Crippen LogP) is 2.91. The fraction of sp³-hybridized carbons (Fsp3) is 0.429. The molecule has 2 rings (SSSR count). The van der Waals surface area contributed by atoms with Gasteiger partial charge < -0.3 is 10.4 Å². The van der Waals surface area contributed by atoms with Crippen LogP contribution in [0.1, 0.15) is 46.7 Å². The SMILES string of the molecule is O=C(O)C=Cc1ccc(C(=O)NC2CCCCC2)s1. The molecule has 0 bridgehead atoms. The first kappa shape index (κ1) is 13.8. The Hall–Kier alpha value is -1.62. The number of nitrogens with one attached hydrogen (secondary N) is 1. The second-order valence-electron chi connectivity index (χ2n) is 4.68. The van der Waals surface area contributed by atoms with E-state index in [4.69, 9.17) is 5.11 Å². The highest BCUT2D eigenvalue weighted by Crippen LogP contribution is 2.21. The van der Waals surface area contributed by atoms with Crippen LogP contribution < -0.4 is 5.32 Å². The third kappa shape index (κ3) is 4.21. The van der Waals surface area contributed by atoms with Crippen LogP contribution in [0, 0.1) is 0 Å². The number of carboxylic acid groups (broad SMARTS) is 1. The lowest BCUT2D eigenvalue weighted by molar-refractivity contribution is -0.131. The van der Waals surface area contributed by atoms with Gasteiger partial charge in [0.2, 0.25) is 0 Å². The Bertz CT molecular complexity index is 487. The maximum absolute atomic E-state index is 12.0. The molecule has 5 heteroatoms. The van der Waals surface area contributed by atoms with Crippen LogP contribution in [0.3, 0.4) is 0 Å². The Morgan fingerprint density at radius 3 is 2.68 bits per heavy atom. The number of carbonyl (C=O) groups is 2. The molecular formula is C14H17NO3S. The van der Waals surface area contributed by atoms with E-state index in [1.165, 1.54) is 36.7 Å². The molecule has 0 atom stereocenters. The first-order valence-corrected chi connectivity index (χ1v) is 7.28. The first-order chi connectivity index (χ1) is 9.15. The molecule has 1 aliphatic rings. The summed E-state index contributed by atoms with van der Waals surface area (Å²) < 4.78 is 0. The number of carbonyl (C=O) groups excluding carboxylic acids is 1. The van der Waals surface area contributed by atoms with E-state index >= 15 is 0 Å². The number of rotatable bonds is 4. The molecule has 0 aromatic carbocycles. The molecule has 0 radical (unpaired) electrons. The third-order valence-corrected chi connectivity index (χ3v) is 4.23. The summed E-state index contributed by atoms with van der Waals surface area (Å²) in [6, 6.07) is 3.80. The highest BCUT2D eigenvalue weighted by Gasteiger charge is 2.17. The summed E-state index contributed by atoms with van der Waals surface area (Å²) in [7, 11) is 0. The minimum Gasteiger partial charge on any atom is -0.478 e. The van der Waals surface area contributed by atoms with Crippen molar-refractivity contribution in [2.45, 2.75) is 38.1 Å². The second-order valence-corrected chi connectivity index (χ2v) is 5.80. The highest BCUT2D eigenvalue weighted by molar-refractivity contribution is 7.14. The molecule has 1 saturated carbocycles. The largest absolute Gasteiger partial charge is 0.478 e. The summed E-state index contributed by atoms with van der Waals surface area (Å²) >= 11 is 1.31. The van der Waals surface area contributed by atoms with Crippen molar-refractivity contribution in [2.75, 3.05) is 0 Å². The van der Waals surface area contributed by atoms with Crippen LogP contribution in [0.25, 0.3) is 6.08 Å². The molecule has 102 valence electrons. The van der Waals surface area contributed by atoms with Gasteiger partial charge in [0.1, 0.15) is 0 Å². The number of carboxylic acids is 1. The van der Waals surface area contributed by atoms with E-state index in [2.05, 4.69) is 5.32 Å². The number of amides is 1. The molecule has 1 amide bonds. The zero-order valence-electron chi connectivity index (χ0n) is 10.6. The lowest BCUT2D eigenvalue weighted by Crippen LogP contribution is -2.35. The van der Waals surface area contributed by atoms with Gasteiger partial charge in [-0.1, -0.05) is 19.3 Å². The Balaban J connectivity index is 1.93. The summed E-state index contributed by atoms with van der Waals surface area (Å²) in [4.78, 5) is 23.8. The summed E-state index contributed by atoms with van der Waals surface area (Å²) in [6.45, 7) is 0. The molecule has 1 fully saturated rings. The van der Waals surface area contributed by atoms with E-state index in [0.29, 0.717) is 10.9 Å². The number of hydrogen-bond donors (Lipinski definition) is 2. The van der Waals surface area contributed by atoms with Crippen molar-refractivity contribution in [3.63, 3.8) is 0 Å². The van der Waals surface area contributed by atoms with Crippen molar-refractivity contribution in [1.82, 2.24) is 5.32 Å². The Morgan fingerprint density at radius 1 is 1.26 bits per heavy atom. The van der Waals surface area contributed by atoms with Crippen LogP contribution in [-0.2, 0) is 4.79 Å². The van der Waals surface area contributed by atoms with Crippen LogP contribution in [0.5, 0.6) is 0 Å². The molecule has 0 unspecified atom stereocenters. The average Bonchev–Trinajstić information content (AvgIpc) is 2.86. The summed E-state index contributed by atoms with van der Waals surface area (Å²) in [5, 5.41) is 11.6. The molecule has 0 spiro atoms. The van der Waals surface area contributed by atoms with Crippen LogP contribution in [0.4, 0.5) is 0 Å². The number of hydrogen-bond acceptors (Lipinski definition) is 3. The van der Waals surface area contributed by atoms with E-state index in [9.17, 15) is 9.59 Å². The maximum Gasteiger partial charge on any atom is 0.328 e. The predicted molar refractivity (Wildman–Crippen MR) is 75.3 cm³/mol. The van der Waals surface area contributed by atoms with Crippen molar-refractivity contribution in [3.8, 4) is 0 Å². The second kappa shape index (κ2) is 6.52. The zero-order chi connectivity index (χ0) is 13.7. The van der Waals surface area contributed by atoms with Crippen molar-refractivity contribution < 1.29 is 14.7 Å². The van der Waals surface area contributed by atoms with Gasteiger partial charge in [-0.3, -0.25) is 4.79 Å². The van der Waals surface area contributed by atoms with Crippen molar-refractivity contribution in [3.05, 3.63) is 28.0 Å². The lowest BCUT2D eigenvalue weighted by atomic mass is 9.95. The molecule has 1 aromatic rings. The van der Waals surface area contributed by atoms with Gasteiger partial charge in [-0.05, 0) is 31.1 Å². The van der Waals surface area contributed by atoms with Gasteiger partial charge >= 0.3 is 5.97 Å². The van der Waals surface area contributed by atoms with Crippen molar-refractivity contribution in [1.29, 1.82) is 0 Å². The van der Waals surface area contributed by atoms with Crippen LogP contribution in [0.2, 0.25) is 0 Å². The molecule has 4 nitrogen and oxygen atoms in total. The monoisotopic (exact) mass is 279 g/mol. The van der Waals surface area contributed by atoms with Crippen molar-refractivity contribution in [2.24, 2.45) is 0 Å². The molecular weight excluding hydrogens is 262 g/mol. The van der Waals surface area contributed by atoms with Gasteiger partial charge in [0.05, 0.1) is 4.88 Å². The van der Waals surface area contributed by atoms with Crippen LogP contribution in [0.15, 0.2) is 18.2 Å². The fourth-order valence-corrected chi connectivity index (χ4v) is 3.04. The van der Waals surface area contributed by atoms with E-state index < -0.39 is 5.97 Å². The Morgan fingerprint density at radius 2 is 2.00 bits per heavy atom. The molecule has 0 aliphatic heterocycles. The highest BCUT2D eigenvalue weighted by atomic mass is 32.1. The van der Waals surface area contributed by atoms with Crippen molar-refractivity contribution >= 4 is 29.3 Å². The maximum atomic E-state index is 12.0. The molecule has 1 aliphatic carbocycles. The van der Waals surface area contributed by atoms with Gasteiger partial charge in [0, 0.05) is 17.0 Å². The number of aliphatic carboxylic acids is 1. The molecule has 1 heterocycles.